The van der Waals surface area contributed by atoms with E-state index in [2.05, 4.69) is 6.07 Å². The number of hydrogen-bond acceptors (Lipinski definition) is 0. The van der Waals surface area contributed by atoms with Gasteiger partial charge in [-0.05, 0) is 0 Å². The van der Waals surface area contributed by atoms with E-state index < -0.39 is 11.7 Å². The van der Waals surface area contributed by atoms with Crippen LogP contribution in [0.5, 0.6) is 0 Å². The van der Waals surface area contributed by atoms with Crippen LogP contribution in [0.3, 0.4) is 0 Å². The molecule has 0 heterocycles. The van der Waals surface area contributed by atoms with Crippen LogP contribution in [-0.2, 0) is 6.18 Å². The molecular weight excluding hydrogens is 317 g/mol. The Labute approximate surface area is 130 Å². The van der Waals surface area contributed by atoms with Crippen LogP contribution in [0.15, 0.2) is 48.5 Å². The molecule has 2 aromatic carbocycles. The summed E-state index contributed by atoms with van der Waals surface area (Å²) in [5.41, 5.74) is 0.886. The minimum absolute atomic E-state index is 0. The average molecular weight is 325 g/mol. The van der Waals surface area contributed by atoms with Gasteiger partial charge in [0.2, 0.25) is 0 Å². The molecule has 0 aromatic heterocycles. The van der Waals surface area contributed by atoms with Crippen LogP contribution >= 0.6 is 0 Å². The zero-order chi connectivity index (χ0) is 11.6. The molecule has 0 nitrogen and oxygen atoms in total. The second-order valence-electron chi connectivity index (χ2n) is 3.35. The van der Waals surface area contributed by atoms with Crippen molar-refractivity contribution in [3.63, 3.8) is 0 Å². The SMILES string of the molecule is FC(F)(F)c1ccc(-c2[c-]cccc2)cc1.[Br-].[Mg+2]. The average Bonchev–Trinajstić information content (AvgIpc) is 2.29. The van der Waals surface area contributed by atoms with Gasteiger partial charge >= 0.3 is 29.2 Å². The normalized spacial score (nSPS) is 10.2. The Balaban J connectivity index is 0.00000144. The molecule has 90 valence electrons. The molecule has 0 amide bonds. The molecule has 5 heteroatoms. The van der Waals surface area contributed by atoms with Crippen molar-refractivity contribution >= 4 is 23.1 Å². The summed E-state index contributed by atoms with van der Waals surface area (Å²) in [5, 5.41) is 0. The van der Waals surface area contributed by atoms with Gasteiger partial charge in [0, 0.05) is 0 Å². The second-order valence-corrected chi connectivity index (χ2v) is 3.35. The Morgan fingerprint density at radius 2 is 1.50 bits per heavy atom. The van der Waals surface area contributed by atoms with E-state index in [4.69, 9.17) is 0 Å². The summed E-state index contributed by atoms with van der Waals surface area (Å²) >= 11 is 0. The Morgan fingerprint density at radius 3 is 1.94 bits per heavy atom. The van der Waals surface area contributed by atoms with Crippen molar-refractivity contribution in [1.82, 2.24) is 0 Å². The van der Waals surface area contributed by atoms with E-state index in [0.717, 1.165) is 23.3 Å². The van der Waals surface area contributed by atoms with Crippen molar-refractivity contribution < 1.29 is 30.2 Å². The quantitative estimate of drug-likeness (QED) is 0.537. The van der Waals surface area contributed by atoms with Gasteiger partial charge < -0.3 is 17.0 Å². The molecule has 0 N–H and O–H groups in total. The number of alkyl halides is 3. The molecule has 2 aromatic rings. The molecule has 0 aliphatic heterocycles. The predicted octanol–water partition coefficient (Wildman–Crippen LogP) is 0.796. The first-order valence-electron chi connectivity index (χ1n) is 4.72. The van der Waals surface area contributed by atoms with Crippen LogP contribution in [0.1, 0.15) is 5.56 Å². The van der Waals surface area contributed by atoms with Gasteiger partial charge in [0.25, 0.3) is 0 Å². The third kappa shape index (κ3) is 4.30. The molecule has 0 spiro atoms. The summed E-state index contributed by atoms with van der Waals surface area (Å²) < 4.78 is 36.9. The first-order chi connectivity index (χ1) is 7.57. The Hall–Kier alpha value is -0.524. The molecule has 0 aliphatic carbocycles. The summed E-state index contributed by atoms with van der Waals surface area (Å²) in [7, 11) is 0. The third-order valence-electron chi connectivity index (χ3n) is 2.23. The fourth-order valence-corrected chi connectivity index (χ4v) is 1.41. The van der Waals surface area contributed by atoms with E-state index in [1.807, 2.05) is 18.2 Å². The molecule has 2 rings (SSSR count). The van der Waals surface area contributed by atoms with Crippen molar-refractivity contribution in [2.24, 2.45) is 0 Å². The molecule has 0 bridgehead atoms. The van der Waals surface area contributed by atoms with Crippen molar-refractivity contribution in [2.45, 2.75) is 6.18 Å². The van der Waals surface area contributed by atoms with Gasteiger partial charge in [-0.3, -0.25) is 0 Å². The van der Waals surface area contributed by atoms with Crippen molar-refractivity contribution in [2.75, 3.05) is 0 Å². The van der Waals surface area contributed by atoms with E-state index in [0.29, 0.717) is 0 Å². The predicted molar refractivity (Wildman–Crippen MR) is 61.5 cm³/mol. The van der Waals surface area contributed by atoms with Crippen LogP contribution in [0, 0.1) is 6.07 Å². The summed E-state index contributed by atoms with van der Waals surface area (Å²) in [4.78, 5) is 0. The summed E-state index contributed by atoms with van der Waals surface area (Å²) in [5.74, 6) is 0. The molecule has 0 fully saturated rings. The maximum absolute atomic E-state index is 12.3. The Bertz CT molecular complexity index is 466. The van der Waals surface area contributed by atoms with E-state index >= 15 is 0 Å². The van der Waals surface area contributed by atoms with Crippen molar-refractivity contribution in [1.29, 1.82) is 0 Å². The fraction of sp³-hybridized carbons (Fsp3) is 0.0769. The molecule has 0 saturated heterocycles. The van der Waals surface area contributed by atoms with Gasteiger partial charge in [0.05, 0.1) is 5.56 Å². The van der Waals surface area contributed by atoms with Crippen molar-refractivity contribution in [3.05, 3.63) is 60.2 Å². The van der Waals surface area contributed by atoms with Gasteiger partial charge in [-0.2, -0.15) is 13.2 Å². The number of halogens is 4. The minimum Gasteiger partial charge on any atom is -1.00 e. The van der Waals surface area contributed by atoms with E-state index in [-0.39, 0.29) is 40.0 Å². The monoisotopic (exact) mass is 324 g/mol. The van der Waals surface area contributed by atoms with Crippen LogP contribution < -0.4 is 17.0 Å². The largest absolute Gasteiger partial charge is 2.00 e. The topological polar surface area (TPSA) is 0 Å². The zero-order valence-corrected chi connectivity index (χ0v) is 12.3. The Kier molecular flexibility index (Phi) is 6.95. The van der Waals surface area contributed by atoms with Gasteiger partial charge in [-0.1, -0.05) is 29.8 Å². The van der Waals surface area contributed by atoms with E-state index in [1.165, 1.54) is 12.1 Å². The van der Waals surface area contributed by atoms with Crippen molar-refractivity contribution in [3.8, 4) is 11.1 Å². The van der Waals surface area contributed by atoms with E-state index in [1.54, 1.807) is 6.07 Å². The van der Waals surface area contributed by atoms with Gasteiger partial charge in [-0.25, -0.2) is 0 Å². The van der Waals surface area contributed by atoms with Gasteiger partial charge in [0.15, 0.2) is 0 Å². The Morgan fingerprint density at radius 1 is 0.889 bits per heavy atom. The molecular formula is C13H8BrF3Mg. The number of rotatable bonds is 1. The molecule has 0 atom stereocenters. The van der Waals surface area contributed by atoms with E-state index in [9.17, 15) is 13.2 Å². The molecule has 0 aliphatic rings. The maximum atomic E-state index is 12.3. The standard InChI is InChI=1S/C13H8F3.BrH.Mg/c14-13(15,16)12-8-6-11(7-9-12)10-4-2-1-3-5-10;;/h1-4,6-9H;1H;/q-1;;+2/p-1. The maximum Gasteiger partial charge on any atom is 2.00 e. The molecule has 0 radical (unpaired) electrons. The molecule has 18 heavy (non-hydrogen) atoms. The first kappa shape index (κ1) is 17.5. The summed E-state index contributed by atoms with van der Waals surface area (Å²) in [6.07, 6.45) is -4.28. The van der Waals surface area contributed by atoms with Crippen LogP contribution in [0.4, 0.5) is 13.2 Å². The number of hydrogen-bond donors (Lipinski definition) is 0. The first-order valence-corrected chi connectivity index (χ1v) is 4.72. The molecule has 0 unspecified atom stereocenters. The van der Waals surface area contributed by atoms with Gasteiger partial charge in [0.1, 0.15) is 0 Å². The van der Waals surface area contributed by atoms with Crippen LogP contribution in [0.2, 0.25) is 0 Å². The summed E-state index contributed by atoms with van der Waals surface area (Å²) in [6, 6.07) is 15.2. The molecule has 0 saturated carbocycles. The fourth-order valence-electron chi connectivity index (χ4n) is 1.41. The number of benzene rings is 2. The summed E-state index contributed by atoms with van der Waals surface area (Å²) in [6.45, 7) is 0. The second kappa shape index (κ2) is 7.16. The minimum atomic E-state index is -4.28. The third-order valence-corrected chi connectivity index (χ3v) is 2.23. The van der Waals surface area contributed by atoms with Crippen LogP contribution in [-0.4, -0.2) is 23.1 Å². The van der Waals surface area contributed by atoms with Gasteiger partial charge in [-0.15, -0.1) is 35.9 Å². The van der Waals surface area contributed by atoms with Crippen LogP contribution in [0.25, 0.3) is 11.1 Å². The zero-order valence-electron chi connectivity index (χ0n) is 9.34. The smallest absolute Gasteiger partial charge is 1.00 e.